The van der Waals surface area contributed by atoms with Crippen molar-refractivity contribution in [1.82, 2.24) is 5.32 Å². The smallest absolute Gasteiger partial charge is 0.375 e. The molecule has 1 N–H and O–H groups in total. The molecule has 16 heavy (non-hydrogen) atoms. The first-order valence-electron chi connectivity index (χ1n) is 4.89. The first kappa shape index (κ1) is 11.0. The zero-order chi connectivity index (χ0) is 11.4. The van der Waals surface area contributed by atoms with Crippen LogP contribution in [0.4, 0.5) is 4.79 Å². The second-order valence-corrected chi connectivity index (χ2v) is 4.44. The van der Waals surface area contributed by atoms with Gasteiger partial charge in [-0.15, -0.1) is 0 Å². The molecule has 0 radical (unpaired) electrons. The average molecular weight is 237 g/mol. The summed E-state index contributed by atoms with van der Waals surface area (Å²) in [5, 5.41) is 2.46. The third-order valence-electron chi connectivity index (χ3n) is 2.17. The van der Waals surface area contributed by atoms with E-state index in [-0.39, 0.29) is 0 Å². The fourth-order valence-electron chi connectivity index (χ4n) is 1.37. The van der Waals surface area contributed by atoms with Crippen LogP contribution in [0.25, 0.3) is 0 Å². The van der Waals surface area contributed by atoms with Crippen molar-refractivity contribution in [2.24, 2.45) is 0 Å². The molecule has 0 spiro atoms. The summed E-state index contributed by atoms with van der Waals surface area (Å²) in [7, 11) is 0. The molecular weight excluding hydrogens is 226 g/mol. The molecule has 1 aromatic carbocycles. The summed E-state index contributed by atoms with van der Waals surface area (Å²) in [4.78, 5) is 21.8. The van der Waals surface area contributed by atoms with Gasteiger partial charge in [0.1, 0.15) is 6.04 Å². The summed E-state index contributed by atoms with van der Waals surface area (Å²) < 4.78 is 4.37. The zero-order valence-corrected chi connectivity index (χ0v) is 9.33. The topological polar surface area (TPSA) is 55.4 Å². The summed E-state index contributed by atoms with van der Waals surface area (Å²) in [6.07, 6.45) is -0.643. The highest BCUT2D eigenvalue weighted by Crippen LogP contribution is 2.14. The third-order valence-corrected chi connectivity index (χ3v) is 3.27. The molecule has 1 amide bonds. The Labute approximate surface area is 97.4 Å². The lowest BCUT2D eigenvalue weighted by Crippen LogP contribution is -2.31. The fourth-order valence-corrected chi connectivity index (χ4v) is 2.37. The quantitative estimate of drug-likeness (QED) is 0.637. The maximum absolute atomic E-state index is 11.1. The Morgan fingerprint density at radius 2 is 2.00 bits per heavy atom. The number of hydrogen-bond donors (Lipinski definition) is 1. The van der Waals surface area contributed by atoms with Gasteiger partial charge in [-0.1, -0.05) is 30.3 Å². The van der Waals surface area contributed by atoms with Crippen molar-refractivity contribution >= 4 is 23.8 Å². The number of rotatable bonds is 4. The number of cyclic esters (lactones) is 2. The van der Waals surface area contributed by atoms with E-state index < -0.39 is 18.1 Å². The SMILES string of the molecule is O=C1N[C@H](CSCc2ccccc2)C(=O)O1. The Bertz CT molecular complexity index is 393. The van der Waals surface area contributed by atoms with E-state index >= 15 is 0 Å². The molecule has 84 valence electrons. The van der Waals surface area contributed by atoms with Crippen LogP contribution in [0.5, 0.6) is 0 Å². The molecule has 2 rings (SSSR count). The van der Waals surface area contributed by atoms with Crippen LogP contribution in [0, 0.1) is 0 Å². The van der Waals surface area contributed by atoms with Gasteiger partial charge < -0.3 is 10.1 Å². The second-order valence-electron chi connectivity index (χ2n) is 3.41. The zero-order valence-electron chi connectivity index (χ0n) is 8.51. The summed E-state index contributed by atoms with van der Waals surface area (Å²) in [6.45, 7) is 0. The molecule has 0 bridgehead atoms. The Hall–Kier alpha value is -1.49. The lowest BCUT2D eigenvalue weighted by molar-refractivity contribution is -0.134. The average Bonchev–Trinajstić information content (AvgIpc) is 2.59. The van der Waals surface area contributed by atoms with E-state index in [1.165, 1.54) is 5.56 Å². The molecule has 0 aliphatic carbocycles. The van der Waals surface area contributed by atoms with Crippen LogP contribution in [0.1, 0.15) is 5.56 Å². The highest BCUT2D eigenvalue weighted by molar-refractivity contribution is 7.98. The first-order chi connectivity index (χ1) is 7.75. The van der Waals surface area contributed by atoms with Gasteiger partial charge in [0.25, 0.3) is 0 Å². The van der Waals surface area contributed by atoms with Crippen LogP contribution in [-0.2, 0) is 15.3 Å². The molecule has 1 saturated heterocycles. The van der Waals surface area contributed by atoms with Gasteiger partial charge in [0.05, 0.1) is 0 Å². The van der Waals surface area contributed by atoms with E-state index in [1.54, 1.807) is 11.8 Å². The summed E-state index contributed by atoms with van der Waals surface area (Å²) >= 11 is 1.59. The fraction of sp³-hybridized carbons (Fsp3) is 0.273. The van der Waals surface area contributed by atoms with E-state index in [1.807, 2.05) is 30.3 Å². The largest absolute Gasteiger partial charge is 0.415 e. The number of carbonyl (C=O) groups excluding carboxylic acids is 2. The number of nitrogens with one attached hydrogen (secondary N) is 1. The number of thioether (sulfide) groups is 1. The minimum Gasteiger partial charge on any atom is -0.375 e. The van der Waals surface area contributed by atoms with Crippen LogP contribution >= 0.6 is 11.8 Å². The normalized spacial score (nSPS) is 19.4. The van der Waals surface area contributed by atoms with Crippen molar-refractivity contribution in [2.75, 3.05) is 5.75 Å². The minimum absolute atomic E-state index is 0.481. The highest BCUT2D eigenvalue weighted by atomic mass is 32.2. The predicted molar refractivity (Wildman–Crippen MR) is 61.0 cm³/mol. The van der Waals surface area contributed by atoms with Gasteiger partial charge in [0.2, 0.25) is 0 Å². The maximum Gasteiger partial charge on any atom is 0.415 e. The molecule has 0 saturated carbocycles. The van der Waals surface area contributed by atoms with E-state index in [2.05, 4.69) is 10.1 Å². The van der Waals surface area contributed by atoms with Crippen LogP contribution in [0.3, 0.4) is 0 Å². The summed E-state index contributed by atoms with van der Waals surface area (Å²) in [5.74, 6) is 0.880. The van der Waals surface area contributed by atoms with Crippen molar-refractivity contribution < 1.29 is 14.3 Å². The minimum atomic E-state index is -0.643. The second kappa shape index (κ2) is 5.03. The molecule has 1 aromatic rings. The maximum atomic E-state index is 11.1. The summed E-state index contributed by atoms with van der Waals surface area (Å²) in [6, 6.07) is 9.46. The van der Waals surface area contributed by atoms with Crippen LogP contribution < -0.4 is 5.32 Å². The molecule has 5 heteroatoms. The van der Waals surface area contributed by atoms with Crippen molar-refractivity contribution in [1.29, 1.82) is 0 Å². The molecule has 0 unspecified atom stereocenters. The number of benzene rings is 1. The van der Waals surface area contributed by atoms with Gasteiger partial charge in [-0.2, -0.15) is 11.8 Å². The van der Waals surface area contributed by atoms with Gasteiger partial charge in [0.15, 0.2) is 0 Å². The van der Waals surface area contributed by atoms with Crippen LogP contribution in [-0.4, -0.2) is 23.9 Å². The van der Waals surface area contributed by atoms with Crippen LogP contribution in [0.2, 0.25) is 0 Å². The number of ether oxygens (including phenoxy) is 1. The Kier molecular flexibility index (Phi) is 3.46. The number of hydrogen-bond acceptors (Lipinski definition) is 4. The van der Waals surface area contributed by atoms with Crippen molar-refractivity contribution in [3.63, 3.8) is 0 Å². The molecule has 1 fully saturated rings. The van der Waals surface area contributed by atoms with Gasteiger partial charge in [-0.3, -0.25) is 0 Å². The Balaban J connectivity index is 1.76. The first-order valence-corrected chi connectivity index (χ1v) is 6.05. The predicted octanol–water partition coefficient (Wildman–Crippen LogP) is 1.55. The van der Waals surface area contributed by atoms with Crippen LogP contribution in [0.15, 0.2) is 30.3 Å². The third kappa shape index (κ3) is 2.76. The molecule has 1 aliphatic heterocycles. The monoisotopic (exact) mass is 237 g/mol. The molecular formula is C11H11NO3S. The van der Waals surface area contributed by atoms with Crippen molar-refractivity contribution in [3.05, 3.63) is 35.9 Å². The molecule has 4 nitrogen and oxygen atoms in total. The van der Waals surface area contributed by atoms with Crippen molar-refractivity contribution in [2.45, 2.75) is 11.8 Å². The lowest BCUT2D eigenvalue weighted by Gasteiger charge is -2.05. The lowest BCUT2D eigenvalue weighted by atomic mass is 10.2. The molecule has 1 heterocycles. The summed E-state index contributed by atoms with van der Waals surface area (Å²) in [5.41, 5.74) is 1.20. The Morgan fingerprint density at radius 1 is 1.25 bits per heavy atom. The number of carbonyl (C=O) groups is 2. The van der Waals surface area contributed by atoms with Gasteiger partial charge >= 0.3 is 12.1 Å². The number of amides is 1. The molecule has 0 aromatic heterocycles. The standard InChI is InChI=1S/C11H11NO3S/c13-10-9(12-11(14)15-10)7-16-6-8-4-2-1-3-5-8/h1-5,9H,6-7H2,(H,12,14)/t9-/m1/s1. The van der Waals surface area contributed by atoms with E-state index in [0.29, 0.717) is 5.75 Å². The van der Waals surface area contributed by atoms with Gasteiger partial charge in [-0.05, 0) is 5.56 Å². The molecule has 1 aliphatic rings. The number of alkyl carbamates (subject to hydrolysis) is 1. The highest BCUT2D eigenvalue weighted by Gasteiger charge is 2.31. The number of esters is 1. The van der Waals surface area contributed by atoms with E-state index in [0.717, 1.165) is 5.75 Å². The van der Waals surface area contributed by atoms with Gasteiger partial charge in [-0.25, -0.2) is 9.59 Å². The van der Waals surface area contributed by atoms with E-state index in [9.17, 15) is 9.59 Å². The van der Waals surface area contributed by atoms with Gasteiger partial charge in [0, 0.05) is 11.5 Å². The molecule has 1 atom stereocenters. The Morgan fingerprint density at radius 3 is 2.62 bits per heavy atom. The van der Waals surface area contributed by atoms with E-state index in [4.69, 9.17) is 0 Å². The van der Waals surface area contributed by atoms with Crippen molar-refractivity contribution in [3.8, 4) is 0 Å².